The Morgan fingerprint density at radius 1 is 1.00 bits per heavy atom. The molecule has 0 fully saturated rings. The third kappa shape index (κ3) is 7.32. The Kier molecular flexibility index (Phi) is 8.15. The van der Waals surface area contributed by atoms with Gasteiger partial charge in [-0.15, -0.1) is 0 Å². The summed E-state index contributed by atoms with van der Waals surface area (Å²) in [7, 11) is 8.23. The number of nitriles is 1. The third-order valence-electron chi connectivity index (χ3n) is 3.15. The van der Waals surface area contributed by atoms with E-state index < -0.39 is 0 Å². The first kappa shape index (κ1) is 16.4. The largest absolute Gasteiger partial charge is 0.329 e. The van der Waals surface area contributed by atoms with Crippen molar-refractivity contribution in [3.8, 4) is 6.07 Å². The molecule has 0 rings (SSSR count). The highest BCUT2D eigenvalue weighted by atomic mass is 15.0. The van der Waals surface area contributed by atoms with Crippen molar-refractivity contribution in [2.24, 2.45) is 11.1 Å². The van der Waals surface area contributed by atoms with Gasteiger partial charge in [0.1, 0.15) is 0 Å². The summed E-state index contributed by atoms with van der Waals surface area (Å²) >= 11 is 0. The quantitative estimate of drug-likeness (QED) is 0.656. The van der Waals surface area contributed by atoms with Crippen molar-refractivity contribution in [2.75, 3.05) is 47.8 Å². The van der Waals surface area contributed by atoms with E-state index in [9.17, 15) is 5.26 Å². The van der Waals surface area contributed by atoms with Crippen LogP contribution in [0.5, 0.6) is 0 Å². The summed E-state index contributed by atoms with van der Waals surface area (Å²) in [4.78, 5) is 4.30. The molecule has 0 saturated heterocycles. The van der Waals surface area contributed by atoms with Crippen LogP contribution in [0.2, 0.25) is 0 Å². The van der Waals surface area contributed by atoms with E-state index in [-0.39, 0.29) is 5.41 Å². The molecule has 4 nitrogen and oxygen atoms in total. The second-order valence-electron chi connectivity index (χ2n) is 5.41. The van der Waals surface area contributed by atoms with Crippen LogP contribution >= 0.6 is 0 Å². The van der Waals surface area contributed by atoms with Gasteiger partial charge < -0.3 is 15.5 Å². The molecular weight excluding hydrogens is 212 g/mol. The van der Waals surface area contributed by atoms with Gasteiger partial charge in [-0.25, -0.2) is 0 Å². The minimum Gasteiger partial charge on any atom is -0.329 e. The van der Waals surface area contributed by atoms with E-state index in [0.717, 1.165) is 38.8 Å². The maximum absolute atomic E-state index is 9.35. The zero-order valence-electron chi connectivity index (χ0n) is 11.9. The minimum absolute atomic E-state index is 0.313. The van der Waals surface area contributed by atoms with Gasteiger partial charge in [-0.3, -0.25) is 0 Å². The van der Waals surface area contributed by atoms with Gasteiger partial charge in [0.25, 0.3) is 0 Å². The lowest BCUT2D eigenvalue weighted by atomic mass is 9.80. The molecule has 0 heterocycles. The number of nitrogens with zero attached hydrogens (tertiary/aromatic N) is 3. The smallest absolute Gasteiger partial charge is 0.0703 e. The first-order valence-corrected chi connectivity index (χ1v) is 6.36. The number of nitrogens with two attached hydrogens (primary N) is 1. The van der Waals surface area contributed by atoms with Crippen molar-refractivity contribution < 1.29 is 0 Å². The molecular formula is C13H28N4. The van der Waals surface area contributed by atoms with Gasteiger partial charge in [0.2, 0.25) is 0 Å². The molecule has 2 N–H and O–H groups in total. The molecule has 0 aliphatic rings. The van der Waals surface area contributed by atoms with Gasteiger partial charge >= 0.3 is 0 Å². The minimum atomic E-state index is -0.313. The highest BCUT2D eigenvalue weighted by molar-refractivity contribution is 4.99. The van der Waals surface area contributed by atoms with Crippen LogP contribution < -0.4 is 5.73 Å². The highest BCUT2D eigenvalue weighted by Crippen LogP contribution is 2.27. The summed E-state index contributed by atoms with van der Waals surface area (Å²) in [5.74, 6) is 0. The van der Waals surface area contributed by atoms with Crippen LogP contribution in [0.3, 0.4) is 0 Å². The van der Waals surface area contributed by atoms with E-state index in [4.69, 9.17) is 5.73 Å². The van der Waals surface area contributed by atoms with Crippen molar-refractivity contribution in [2.45, 2.75) is 25.7 Å². The van der Waals surface area contributed by atoms with Gasteiger partial charge in [0.05, 0.1) is 11.5 Å². The molecule has 0 unspecified atom stereocenters. The maximum Gasteiger partial charge on any atom is 0.0703 e. The molecule has 0 aliphatic carbocycles. The lowest BCUT2D eigenvalue weighted by Crippen LogP contribution is -2.31. The fourth-order valence-corrected chi connectivity index (χ4v) is 1.95. The molecule has 0 spiro atoms. The topological polar surface area (TPSA) is 56.3 Å². The third-order valence-corrected chi connectivity index (χ3v) is 3.15. The molecule has 0 aliphatic heterocycles. The predicted molar refractivity (Wildman–Crippen MR) is 72.7 cm³/mol. The number of hydrogen-bond donors (Lipinski definition) is 1. The Morgan fingerprint density at radius 2 is 1.41 bits per heavy atom. The number of hydrogen-bond acceptors (Lipinski definition) is 4. The molecule has 17 heavy (non-hydrogen) atoms. The van der Waals surface area contributed by atoms with Crippen molar-refractivity contribution in [1.29, 1.82) is 5.26 Å². The highest BCUT2D eigenvalue weighted by Gasteiger charge is 2.27. The second kappa shape index (κ2) is 8.46. The first-order valence-electron chi connectivity index (χ1n) is 6.36. The van der Waals surface area contributed by atoms with E-state index >= 15 is 0 Å². The Balaban J connectivity index is 4.12. The molecule has 0 aromatic heterocycles. The lowest BCUT2D eigenvalue weighted by Gasteiger charge is -2.26. The normalized spacial score (nSPS) is 12.1. The van der Waals surface area contributed by atoms with Crippen molar-refractivity contribution in [1.82, 2.24) is 9.80 Å². The molecule has 0 atom stereocenters. The summed E-state index contributed by atoms with van der Waals surface area (Å²) in [5.41, 5.74) is 5.49. The Hall–Kier alpha value is -0.630. The van der Waals surface area contributed by atoms with E-state index in [0.29, 0.717) is 6.54 Å². The standard InChI is InChI=1S/C13H28N4/c1-16(2)9-5-7-13(11-14,12-15)8-6-10-17(3)4/h5-11,14H2,1-4H3. The van der Waals surface area contributed by atoms with Gasteiger partial charge in [0, 0.05) is 6.54 Å². The van der Waals surface area contributed by atoms with Gasteiger partial charge in [-0.05, 0) is 67.0 Å². The van der Waals surface area contributed by atoms with Crippen LogP contribution in [0.1, 0.15) is 25.7 Å². The van der Waals surface area contributed by atoms with Gasteiger partial charge in [0.15, 0.2) is 0 Å². The van der Waals surface area contributed by atoms with Crippen LogP contribution in [0, 0.1) is 16.7 Å². The SMILES string of the molecule is CN(C)CCCC(C#N)(CN)CCCN(C)C. The second-order valence-corrected chi connectivity index (χ2v) is 5.41. The molecule has 4 heteroatoms. The average Bonchev–Trinajstić information content (AvgIpc) is 2.26. The molecule has 100 valence electrons. The zero-order valence-corrected chi connectivity index (χ0v) is 11.9. The monoisotopic (exact) mass is 240 g/mol. The summed E-state index contributed by atoms with van der Waals surface area (Å²) in [5, 5.41) is 9.35. The summed E-state index contributed by atoms with van der Waals surface area (Å²) in [6.45, 7) is 2.53. The lowest BCUT2D eigenvalue weighted by molar-refractivity contribution is 0.281. The summed E-state index contributed by atoms with van der Waals surface area (Å²) in [6, 6.07) is 2.45. The van der Waals surface area contributed by atoms with Crippen LogP contribution in [0.15, 0.2) is 0 Å². The molecule has 0 aromatic rings. The van der Waals surface area contributed by atoms with Crippen LogP contribution in [0.4, 0.5) is 0 Å². The average molecular weight is 240 g/mol. The Morgan fingerprint density at radius 3 is 1.65 bits per heavy atom. The fraction of sp³-hybridized carbons (Fsp3) is 0.923. The molecule has 0 radical (unpaired) electrons. The van der Waals surface area contributed by atoms with Crippen LogP contribution in [-0.4, -0.2) is 57.6 Å². The van der Waals surface area contributed by atoms with Gasteiger partial charge in [-0.1, -0.05) is 0 Å². The Labute approximate surface area is 106 Å². The Bertz CT molecular complexity index is 216. The molecule has 0 saturated carbocycles. The summed E-state index contributed by atoms with van der Waals surface area (Å²) in [6.07, 6.45) is 3.90. The predicted octanol–water partition coefficient (Wildman–Crippen LogP) is 1.14. The van der Waals surface area contributed by atoms with Crippen LogP contribution in [0.25, 0.3) is 0 Å². The first-order chi connectivity index (χ1) is 7.95. The van der Waals surface area contributed by atoms with E-state index in [2.05, 4.69) is 44.1 Å². The van der Waals surface area contributed by atoms with E-state index in [1.165, 1.54) is 0 Å². The maximum atomic E-state index is 9.35. The van der Waals surface area contributed by atoms with Crippen molar-refractivity contribution in [3.05, 3.63) is 0 Å². The van der Waals surface area contributed by atoms with Crippen molar-refractivity contribution >= 4 is 0 Å². The van der Waals surface area contributed by atoms with Crippen molar-refractivity contribution in [3.63, 3.8) is 0 Å². The summed E-state index contributed by atoms with van der Waals surface area (Å²) < 4.78 is 0. The van der Waals surface area contributed by atoms with Gasteiger partial charge in [-0.2, -0.15) is 5.26 Å². The van der Waals surface area contributed by atoms with E-state index in [1.54, 1.807) is 0 Å². The molecule has 0 bridgehead atoms. The molecule has 0 aromatic carbocycles. The van der Waals surface area contributed by atoms with E-state index in [1.807, 2.05) is 0 Å². The molecule has 0 amide bonds. The fourth-order valence-electron chi connectivity index (χ4n) is 1.95. The number of rotatable bonds is 9. The zero-order chi connectivity index (χ0) is 13.3. The van der Waals surface area contributed by atoms with Crippen LogP contribution in [-0.2, 0) is 0 Å².